The predicted molar refractivity (Wildman–Crippen MR) is 79.8 cm³/mol. The summed E-state index contributed by atoms with van der Waals surface area (Å²) in [6.45, 7) is 4.76. The van der Waals surface area contributed by atoms with Crippen LogP contribution in [-0.2, 0) is 14.8 Å². The second-order valence-electron chi connectivity index (χ2n) is 5.24. The molecule has 1 atom stereocenters. The van der Waals surface area contributed by atoms with E-state index in [-0.39, 0.29) is 10.9 Å². The van der Waals surface area contributed by atoms with Gasteiger partial charge in [0.25, 0.3) is 0 Å². The number of pyridine rings is 1. The molecule has 3 heterocycles. The first-order chi connectivity index (χ1) is 10.5. The molecule has 1 aliphatic rings. The minimum atomic E-state index is -3.62. The van der Waals surface area contributed by atoms with Crippen LogP contribution in [0.3, 0.4) is 0 Å². The fourth-order valence-corrected chi connectivity index (χ4v) is 4.32. The molecule has 1 saturated heterocycles. The lowest BCUT2D eigenvalue weighted by atomic mass is 10.1. The average Bonchev–Trinajstić information content (AvgIpc) is 2.87. The summed E-state index contributed by atoms with van der Waals surface area (Å²) in [5, 5.41) is 7.07. The first-order valence-electron chi connectivity index (χ1n) is 7.03. The Morgan fingerprint density at radius 1 is 1.41 bits per heavy atom. The molecule has 1 unspecified atom stereocenters. The van der Waals surface area contributed by atoms with Crippen molar-refractivity contribution in [3.05, 3.63) is 41.5 Å². The molecule has 0 saturated carbocycles. The number of nitrogens with zero attached hydrogens (tertiary/aromatic N) is 3. The van der Waals surface area contributed by atoms with E-state index in [4.69, 9.17) is 4.74 Å². The molecule has 0 bridgehead atoms. The third kappa shape index (κ3) is 2.53. The first kappa shape index (κ1) is 15.1. The van der Waals surface area contributed by atoms with Crippen LogP contribution in [0.4, 0.5) is 0 Å². The van der Waals surface area contributed by atoms with E-state index >= 15 is 0 Å². The molecule has 3 rings (SSSR count). The second kappa shape index (κ2) is 5.79. The van der Waals surface area contributed by atoms with Gasteiger partial charge in [0, 0.05) is 30.2 Å². The number of aryl methyl sites for hydroxylation is 2. The molecule has 8 heteroatoms. The van der Waals surface area contributed by atoms with E-state index in [9.17, 15) is 8.42 Å². The maximum atomic E-state index is 12.9. The lowest BCUT2D eigenvalue weighted by Gasteiger charge is -2.34. The number of hydrogen-bond acceptors (Lipinski definition) is 5. The zero-order chi connectivity index (χ0) is 15.7. The topological polar surface area (TPSA) is 88.2 Å². The predicted octanol–water partition coefficient (Wildman–Crippen LogP) is 1.18. The van der Waals surface area contributed by atoms with Gasteiger partial charge < -0.3 is 4.74 Å². The van der Waals surface area contributed by atoms with Gasteiger partial charge in [-0.15, -0.1) is 0 Å². The van der Waals surface area contributed by atoms with Crippen molar-refractivity contribution in [1.82, 2.24) is 19.5 Å². The highest BCUT2D eigenvalue weighted by Gasteiger charge is 2.37. The highest BCUT2D eigenvalue weighted by Crippen LogP contribution is 2.32. The van der Waals surface area contributed by atoms with E-state index in [1.807, 2.05) is 13.8 Å². The highest BCUT2D eigenvalue weighted by molar-refractivity contribution is 7.89. The van der Waals surface area contributed by atoms with Gasteiger partial charge in [0.15, 0.2) is 0 Å². The van der Waals surface area contributed by atoms with Crippen molar-refractivity contribution in [3.63, 3.8) is 0 Å². The maximum Gasteiger partial charge on any atom is 0.245 e. The molecular formula is C14H18N4O3S. The molecule has 0 aromatic carbocycles. The van der Waals surface area contributed by atoms with Gasteiger partial charge in [-0.1, -0.05) is 0 Å². The standard InChI is InChI=1S/C14H18N4O3S/c1-10-14(11(2)17-16-10)13-9-21-7-6-18(13)22(19,20)12-4-3-5-15-8-12/h3-5,8,13H,6-7,9H2,1-2H3,(H,16,17). The molecule has 22 heavy (non-hydrogen) atoms. The van der Waals surface area contributed by atoms with Crippen LogP contribution in [0.15, 0.2) is 29.4 Å². The monoisotopic (exact) mass is 322 g/mol. The molecule has 0 aliphatic carbocycles. The van der Waals surface area contributed by atoms with Crippen LogP contribution in [0.2, 0.25) is 0 Å². The normalized spacial score (nSPS) is 20.2. The quantitative estimate of drug-likeness (QED) is 0.917. The minimum absolute atomic E-state index is 0.195. The Balaban J connectivity index is 2.04. The first-order valence-corrected chi connectivity index (χ1v) is 8.47. The molecule has 1 aliphatic heterocycles. The van der Waals surface area contributed by atoms with Crippen LogP contribution in [-0.4, -0.2) is 47.7 Å². The smallest absolute Gasteiger partial charge is 0.245 e. The largest absolute Gasteiger partial charge is 0.378 e. The Kier molecular flexibility index (Phi) is 3.98. The van der Waals surface area contributed by atoms with Crippen LogP contribution in [0, 0.1) is 13.8 Å². The molecular weight excluding hydrogens is 304 g/mol. The summed E-state index contributed by atoms with van der Waals surface area (Å²) in [5.41, 5.74) is 2.53. The van der Waals surface area contributed by atoms with E-state index in [2.05, 4.69) is 15.2 Å². The van der Waals surface area contributed by atoms with Gasteiger partial charge in [-0.25, -0.2) is 8.42 Å². The van der Waals surface area contributed by atoms with Gasteiger partial charge in [0.1, 0.15) is 4.90 Å². The van der Waals surface area contributed by atoms with Gasteiger partial charge in [-0.05, 0) is 26.0 Å². The Morgan fingerprint density at radius 3 is 2.86 bits per heavy atom. The van der Waals surface area contributed by atoms with E-state index in [1.165, 1.54) is 10.5 Å². The van der Waals surface area contributed by atoms with Crippen LogP contribution in [0.1, 0.15) is 23.0 Å². The Morgan fingerprint density at radius 2 is 2.23 bits per heavy atom. The number of sulfonamides is 1. The summed E-state index contributed by atoms with van der Waals surface area (Å²) in [7, 11) is -3.62. The lowest BCUT2D eigenvalue weighted by Crippen LogP contribution is -2.43. The van der Waals surface area contributed by atoms with Crippen LogP contribution >= 0.6 is 0 Å². The van der Waals surface area contributed by atoms with E-state index in [0.29, 0.717) is 19.8 Å². The summed E-state index contributed by atoms with van der Waals surface area (Å²) in [6, 6.07) is 2.80. The molecule has 1 N–H and O–H groups in total. The number of ether oxygens (including phenoxy) is 1. The Hall–Kier alpha value is -1.77. The molecule has 1 fully saturated rings. The van der Waals surface area contributed by atoms with Gasteiger partial charge in [0.05, 0.1) is 24.9 Å². The van der Waals surface area contributed by atoms with Crippen molar-refractivity contribution in [2.45, 2.75) is 24.8 Å². The van der Waals surface area contributed by atoms with Crippen molar-refractivity contribution in [3.8, 4) is 0 Å². The van der Waals surface area contributed by atoms with Crippen molar-refractivity contribution in [1.29, 1.82) is 0 Å². The number of aromatic amines is 1. The maximum absolute atomic E-state index is 12.9. The molecule has 2 aromatic heterocycles. The van der Waals surface area contributed by atoms with Gasteiger partial charge >= 0.3 is 0 Å². The number of rotatable bonds is 3. The number of aromatic nitrogens is 3. The van der Waals surface area contributed by atoms with Gasteiger partial charge in [0.2, 0.25) is 10.0 Å². The third-order valence-corrected chi connectivity index (χ3v) is 5.73. The molecule has 0 radical (unpaired) electrons. The molecule has 0 amide bonds. The number of morpholine rings is 1. The fraction of sp³-hybridized carbons (Fsp3) is 0.429. The fourth-order valence-electron chi connectivity index (χ4n) is 2.79. The van der Waals surface area contributed by atoms with E-state index < -0.39 is 10.0 Å². The minimum Gasteiger partial charge on any atom is -0.378 e. The van der Waals surface area contributed by atoms with Crippen LogP contribution in [0.25, 0.3) is 0 Å². The van der Waals surface area contributed by atoms with Gasteiger partial charge in [-0.2, -0.15) is 9.40 Å². The van der Waals surface area contributed by atoms with Gasteiger partial charge in [-0.3, -0.25) is 10.1 Å². The van der Waals surface area contributed by atoms with E-state index in [1.54, 1.807) is 18.3 Å². The van der Waals surface area contributed by atoms with Crippen molar-refractivity contribution in [2.75, 3.05) is 19.8 Å². The second-order valence-corrected chi connectivity index (χ2v) is 7.13. The number of H-pyrrole nitrogens is 1. The zero-order valence-corrected chi connectivity index (χ0v) is 13.3. The van der Waals surface area contributed by atoms with E-state index in [0.717, 1.165) is 17.0 Å². The number of hydrogen-bond donors (Lipinski definition) is 1. The number of nitrogens with one attached hydrogen (secondary N) is 1. The van der Waals surface area contributed by atoms with Crippen LogP contribution in [0.5, 0.6) is 0 Å². The van der Waals surface area contributed by atoms with Crippen molar-refractivity contribution in [2.24, 2.45) is 0 Å². The summed E-state index contributed by atoms with van der Waals surface area (Å²) >= 11 is 0. The summed E-state index contributed by atoms with van der Waals surface area (Å²) < 4.78 is 32.8. The summed E-state index contributed by atoms with van der Waals surface area (Å²) in [4.78, 5) is 4.11. The summed E-state index contributed by atoms with van der Waals surface area (Å²) in [6.07, 6.45) is 2.93. The summed E-state index contributed by atoms with van der Waals surface area (Å²) in [5.74, 6) is 0. The molecule has 2 aromatic rings. The Labute approximate surface area is 129 Å². The molecule has 118 valence electrons. The third-order valence-electron chi connectivity index (χ3n) is 3.84. The Bertz CT molecular complexity index is 738. The lowest BCUT2D eigenvalue weighted by molar-refractivity contribution is 0.0316. The zero-order valence-electron chi connectivity index (χ0n) is 12.5. The SMILES string of the molecule is Cc1n[nH]c(C)c1C1COCCN1S(=O)(=O)c1cccnc1. The van der Waals surface area contributed by atoms with Crippen LogP contribution < -0.4 is 0 Å². The highest BCUT2D eigenvalue weighted by atomic mass is 32.2. The molecule has 0 spiro atoms. The van der Waals surface area contributed by atoms with Crippen molar-refractivity contribution < 1.29 is 13.2 Å². The van der Waals surface area contributed by atoms with Crippen molar-refractivity contribution >= 4 is 10.0 Å². The molecule has 7 nitrogen and oxygen atoms in total. The average molecular weight is 322 g/mol.